The molecule has 0 aliphatic rings. The molecule has 0 spiro atoms. The van der Waals surface area contributed by atoms with Gasteiger partial charge in [-0.1, -0.05) is 48.5 Å². The van der Waals surface area contributed by atoms with E-state index in [1.807, 2.05) is 18.2 Å². The van der Waals surface area contributed by atoms with Crippen molar-refractivity contribution in [2.24, 2.45) is 0 Å². The summed E-state index contributed by atoms with van der Waals surface area (Å²) in [5.41, 5.74) is 2.37. The highest BCUT2D eigenvalue weighted by Crippen LogP contribution is 2.29. The molecule has 0 amide bonds. The Hall–Kier alpha value is -2.86. The average molecular weight is 359 g/mol. The smallest absolute Gasteiger partial charge is 0.414 e. The lowest BCUT2D eigenvalue weighted by atomic mass is 10.1. The number of ether oxygens (including phenoxy) is 1. The van der Waals surface area contributed by atoms with E-state index in [4.69, 9.17) is 24.5 Å². The summed E-state index contributed by atoms with van der Waals surface area (Å²) in [6, 6.07) is 18.6. The van der Waals surface area contributed by atoms with Crippen molar-refractivity contribution >= 4 is 11.9 Å². The number of carbonyl (C=O) groups is 2. The fourth-order valence-corrected chi connectivity index (χ4v) is 2.16. The lowest BCUT2D eigenvalue weighted by Gasteiger charge is -2.12. The van der Waals surface area contributed by atoms with Crippen molar-refractivity contribution < 1.29 is 24.5 Å². The molecule has 0 fully saturated rings. The minimum absolute atomic E-state index is 0.775. The number of unbranched alkanes of at least 4 members (excludes halogenated alkanes) is 1. The Bertz CT molecular complexity index is 674. The van der Waals surface area contributed by atoms with E-state index in [0.717, 1.165) is 25.3 Å². The molecule has 0 saturated heterocycles. The van der Waals surface area contributed by atoms with E-state index >= 15 is 0 Å². The zero-order chi connectivity index (χ0) is 19.4. The highest BCUT2D eigenvalue weighted by atomic mass is 16.5. The van der Waals surface area contributed by atoms with Gasteiger partial charge >= 0.3 is 11.9 Å². The number of carboxylic acid groups (broad SMARTS) is 2. The number of rotatable bonds is 7. The molecule has 0 radical (unpaired) electrons. The number of hydrogen-bond donors (Lipinski definition) is 2. The normalized spacial score (nSPS) is 9.96. The average Bonchev–Trinajstić information content (AvgIpc) is 2.63. The first kappa shape index (κ1) is 21.2. The molecule has 6 heteroatoms. The lowest BCUT2D eigenvalue weighted by Crippen LogP contribution is -2.13. The number of hydrogen-bond acceptors (Lipinski definition) is 4. The largest absolute Gasteiger partial charge is 0.493 e. The molecule has 0 aromatic heterocycles. The van der Waals surface area contributed by atoms with Crippen LogP contribution in [0.5, 0.6) is 5.75 Å². The summed E-state index contributed by atoms with van der Waals surface area (Å²) in [6.45, 7) is 1.89. The third-order valence-corrected chi connectivity index (χ3v) is 3.41. The van der Waals surface area contributed by atoms with Crippen LogP contribution >= 0.6 is 0 Å². The number of aliphatic carboxylic acids is 2. The summed E-state index contributed by atoms with van der Waals surface area (Å²) in [7, 11) is 4.21. The molecule has 6 nitrogen and oxygen atoms in total. The van der Waals surface area contributed by atoms with Crippen LogP contribution in [-0.4, -0.2) is 54.3 Å². The molecule has 26 heavy (non-hydrogen) atoms. The minimum atomic E-state index is -1.82. The zero-order valence-corrected chi connectivity index (χ0v) is 15.1. The molecule has 2 N–H and O–H groups in total. The lowest BCUT2D eigenvalue weighted by molar-refractivity contribution is -0.159. The second-order valence-electron chi connectivity index (χ2n) is 5.83. The molecule has 2 aromatic carbocycles. The predicted octanol–water partition coefficient (Wildman–Crippen LogP) is 3.23. The van der Waals surface area contributed by atoms with Gasteiger partial charge in [0, 0.05) is 5.56 Å². The Morgan fingerprint density at radius 3 is 2.04 bits per heavy atom. The first-order chi connectivity index (χ1) is 12.4. The van der Waals surface area contributed by atoms with Gasteiger partial charge in [-0.15, -0.1) is 0 Å². The third kappa shape index (κ3) is 8.30. The van der Waals surface area contributed by atoms with Gasteiger partial charge in [-0.3, -0.25) is 0 Å². The first-order valence-corrected chi connectivity index (χ1v) is 8.30. The number of carboxylic acids is 2. The van der Waals surface area contributed by atoms with Crippen LogP contribution in [0.4, 0.5) is 0 Å². The van der Waals surface area contributed by atoms with Crippen molar-refractivity contribution in [1.29, 1.82) is 0 Å². The molecule has 0 bridgehead atoms. The van der Waals surface area contributed by atoms with Gasteiger partial charge < -0.3 is 19.8 Å². The van der Waals surface area contributed by atoms with Crippen LogP contribution in [0, 0.1) is 0 Å². The van der Waals surface area contributed by atoms with Crippen molar-refractivity contribution in [2.75, 3.05) is 27.2 Å². The molecule has 0 aliphatic carbocycles. The summed E-state index contributed by atoms with van der Waals surface area (Å²) < 4.78 is 5.95. The van der Waals surface area contributed by atoms with E-state index in [9.17, 15) is 0 Å². The van der Waals surface area contributed by atoms with Crippen LogP contribution in [0.15, 0.2) is 54.6 Å². The predicted molar refractivity (Wildman–Crippen MR) is 100 cm³/mol. The van der Waals surface area contributed by atoms with Crippen molar-refractivity contribution in [1.82, 2.24) is 4.90 Å². The van der Waals surface area contributed by atoms with E-state index in [0.29, 0.717) is 0 Å². The van der Waals surface area contributed by atoms with Crippen molar-refractivity contribution in [2.45, 2.75) is 12.8 Å². The van der Waals surface area contributed by atoms with Crippen molar-refractivity contribution in [3.05, 3.63) is 54.6 Å². The van der Waals surface area contributed by atoms with Gasteiger partial charge in [0.15, 0.2) is 0 Å². The van der Waals surface area contributed by atoms with Gasteiger partial charge in [0.05, 0.1) is 6.61 Å². The van der Waals surface area contributed by atoms with Crippen LogP contribution in [0.25, 0.3) is 11.1 Å². The van der Waals surface area contributed by atoms with Gasteiger partial charge in [-0.25, -0.2) is 9.59 Å². The summed E-state index contributed by atoms with van der Waals surface area (Å²) >= 11 is 0. The zero-order valence-electron chi connectivity index (χ0n) is 15.1. The maximum absolute atomic E-state index is 9.10. The summed E-state index contributed by atoms with van der Waals surface area (Å²) in [6.07, 6.45) is 2.25. The monoisotopic (exact) mass is 359 g/mol. The van der Waals surface area contributed by atoms with E-state index < -0.39 is 11.9 Å². The molecular formula is C20H25NO5. The fourth-order valence-electron chi connectivity index (χ4n) is 2.16. The molecule has 2 rings (SSSR count). The van der Waals surface area contributed by atoms with Gasteiger partial charge in [0.25, 0.3) is 0 Å². The van der Waals surface area contributed by atoms with Gasteiger partial charge in [0.1, 0.15) is 5.75 Å². The number of para-hydroxylation sites is 1. The van der Waals surface area contributed by atoms with Gasteiger partial charge in [0.2, 0.25) is 0 Å². The van der Waals surface area contributed by atoms with Crippen LogP contribution in [0.1, 0.15) is 12.8 Å². The first-order valence-electron chi connectivity index (χ1n) is 8.30. The van der Waals surface area contributed by atoms with Crippen LogP contribution in [0.3, 0.4) is 0 Å². The second-order valence-corrected chi connectivity index (χ2v) is 5.83. The van der Waals surface area contributed by atoms with E-state index in [2.05, 4.69) is 55.4 Å². The molecular weight excluding hydrogens is 334 g/mol. The Kier molecular flexibility index (Phi) is 9.49. The Labute approximate surface area is 153 Å². The summed E-state index contributed by atoms with van der Waals surface area (Å²) in [5, 5.41) is 14.8. The highest BCUT2D eigenvalue weighted by Gasteiger charge is 2.05. The standard InChI is InChI=1S/C18H23NO.C2H2O4/c1-19(2)14-8-9-15-20-18-13-7-6-12-17(18)16-10-4-3-5-11-16;3-1(4)2(5)6/h3-7,10-13H,8-9,14-15H2,1-2H3;(H,3,4)(H,5,6). The van der Waals surface area contributed by atoms with Crippen molar-refractivity contribution in [3.8, 4) is 16.9 Å². The van der Waals surface area contributed by atoms with Gasteiger partial charge in [-0.2, -0.15) is 0 Å². The maximum Gasteiger partial charge on any atom is 0.414 e. The molecule has 0 atom stereocenters. The number of benzene rings is 2. The van der Waals surface area contributed by atoms with Crippen LogP contribution < -0.4 is 4.74 Å². The number of nitrogens with zero attached hydrogens (tertiary/aromatic N) is 1. The topological polar surface area (TPSA) is 87.1 Å². The van der Waals surface area contributed by atoms with E-state index in [1.165, 1.54) is 17.5 Å². The fraction of sp³-hybridized carbons (Fsp3) is 0.300. The highest BCUT2D eigenvalue weighted by molar-refractivity contribution is 6.27. The van der Waals surface area contributed by atoms with Crippen LogP contribution in [0.2, 0.25) is 0 Å². The minimum Gasteiger partial charge on any atom is -0.493 e. The Balaban J connectivity index is 0.000000487. The summed E-state index contributed by atoms with van der Waals surface area (Å²) in [5.74, 6) is -2.67. The molecule has 0 aliphatic heterocycles. The molecule has 0 saturated carbocycles. The SMILES string of the molecule is CN(C)CCCCOc1ccccc1-c1ccccc1.O=C(O)C(=O)O. The van der Waals surface area contributed by atoms with Crippen molar-refractivity contribution in [3.63, 3.8) is 0 Å². The van der Waals surface area contributed by atoms with Crippen LogP contribution in [-0.2, 0) is 9.59 Å². The quantitative estimate of drug-likeness (QED) is 0.583. The second kappa shape index (κ2) is 11.7. The molecule has 140 valence electrons. The summed E-state index contributed by atoms with van der Waals surface area (Å²) in [4.78, 5) is 20.4. The Morgan fingerprint density at radius 1 is 0.885 bits per heavy atom. The maximum atomic E-state index is 9.10. The molecule has 2 aromatic rings. The molecule has 0 heterocycles. The van der Waals surface area contributed by atoms with E-state index in [1.54, 1.807) is 0 Å². The van der Waals surface area contributed by atoms with Gasteiger partial charge in [-0.05, 0) is 45.1 Å². The molecule has 0 unspecified atom stereocenters. The third-order valence-electron chi connectivity index (χ3n) is 3.41. The van der Waals surface area contributed by atoms with E-state index in [-0.39, 0.29) is 0 Å². The Morgan fingerprint density at radius 2 is 1.46 bits per heavy atom.